The van der Waals surface area contributed by atoms with Crippen LogP contribution in [0.3, 0.4) is 0 Å². The van der Waals surface area contributed by atoms with Crippen LogP contribution in [0.5, 0.6) is 0 Å². The van der Waals surface area contributed by atoms with E-state index in [-0.39, 0.29) is 11.6 Å². The molecule has 0 unspecified atom stereocenters. The fourth-order valence-electron chi connectivity index (χ4n) is 3.21. The quantitative estimate of drug-likeness (QED) is 0.606. The molecule has 1 aliphatic rings. The van der Waals surface area contributed by atoms with E-state index < -0.39 is 18.0 Å². The molecule has 2 aromatic rings. The van der Waals surface area contributed by atoms with Crippen molar-refractivity contribution in [2.75, 3.05) is 13.1 Å². The minimum absolute atomic E-state index is 0.0150. The van der Waals surface area contributed by atoms with Crippen LogP contribution < -0.4 is 5.32 Å². The summed E-state index contributed by atoms with van der Waals surface area (Å²) in [5.41, 5.74) is 1.31. The zero-order valence-corrected chi connectivity index (χ0v) is 16.3. The van der Waals surface area contributed by atoms with Crippen LogP contribution in [0.2, 0.25) is 0 Å². The molecule has 6 heteroatoms. The lowest BCUT2D eigenvalue weighted by atomic mass is 10.1. The van der Waals surface area contributed by atoms with E-state index in [4.69, 9.17) is 4.74 Å². The van der Waals surface area contributed by atoms with Crippen LogP contribution in [-0.4, -0.2) is 35.8 Å². The molecule has 0 radical (unpaired) electrons. The summed E-state index contributed by atoms with van der Waals surface area (Å²) >= 11 is 0. The Morgan fingerprint density at radius 3 is 2.14 bits per heavy atom. The van der Waals surface area contributed by atoms with Crippen LogP contribution in [0.1, 0.15) is 37.0 Å². The highest BCUT2D eigenvalue weighted by Crippen LogP contribution is 2.24. The van der Waals surface area contributed by atoms with Crippen LogP contribution in [0.15, 0.2) is 66.4 Å². The van der Waals surface area contributed by atoms with Crippen LogP contribution in [-0.2, 0) is 19.1 Å². The average molecular weight is 392 g/mol. The molecular weight excluding hydrogens is 368 g/mol. The van der Waals surface area contributed by atoms with Gasteiger partial charge < -0.3 is 15.0 Å². The number of carbonyl (C=O) groups excluding carboxylic acids is 3. The van der Waals surface area contributed by atoms with E-state index in [1.54, 1.807) is 41.3 Å². The first-order valence-corrected chi connectivity index (χ1v) is 9.63. The predicted octanol–water partition coefficient (Wildman–Crippen LogP) is 3.07. The number of rotatable bonds is 6. The van der Waals surface area contributed by atoms with E-state index in [0.29, 0.717) is 18.7 Å². The molecule has 0 spiro atoms. The Morgan fingerprint density at radius 2 is 1.55 bits per heavy atom. The normalized spacial score (nSPS) is 14.9. The van der Waals surface area contributed by atoms with E-state index >= 15 is 0 Å². The summed E-state index contributed by atoms with van der Waals surface area (Å²) in [4.78, 5) is 39.3. The van der Waals surface area contributed by atoms with Gasteiger partial charge in [-0.25, -0.2) is 4.79 Å². The molecule has 1 fully saturated rings. The van der Waals surface area contributed by atoms with Crippen molar-refractivity contribution in [2.45, 2.75) is 25.9 Å². The first-order valence-electron chi connectivity index (χ1n) is 9.63. The first-order chi connectivity index (χ1) is 14.0. The standard InChI is InChI=1S/C23H24N2O4/c1-17(26)24-20(16-18-10-4-2-5-11-18)23(28)29-21(19-12-6-3-7-13-19)22(27)25-14-8-9-15-25/h2-7,10-13,16,21H,8-9,14-15H2,1H3,(H,24,26)/b20-16-/t21-/m1/s1. The predicted molar refractivity (Wildman–Crippen MR) is 109 cm³/mol. The van der Waals surface area contributed by atoms with Gasteiger partial charge in [-0.05, 0) is 24.5 Å². The second kappa shape index (κ2) is 9.68. The van der Waals surface area contributed by atoms with Gasteiger partial charge in [-0.3, -0.25) is 9.59 Å². The molecule has 2 amide bonds. The van der Waals surface area contributed by atoms with Crippen molar-refractivity contribution in [3.8, 4) is 0 Å². The van der Waals surface area contributed by atoms with Crippen LogP contribution in [0.25, 0.3) is 6.08 Å². The number of likely N-dealkylation sites (tertiary alicyclic amines) is 1. The Kier molecular flexibility index (Phi) is 6.79. The van der Waals surface area contributed by atoms with Crippen molar-refractivity contribution < 1.29 is 19.1 Å². The molecule has 1 saturated heterocycles. The molecule has 0 aromatic heterocycles. The minimum atomic E-state index is -1.06. The third-order valence-electron chi connectivity index (χ3n) is 4.61. The van der Waals surface area contributed by atoms with Crippen molar-refractivity contribution in [1.29, 1.82) is 0 Å². The maximum Gasteiger partial charge on any atom is 0.355 e. The van der Waals surface area contributed by atoms with Crippen molar-refractivity contribution in [3.05, 3.63) is 77.5 Å². The molecule has 1 atom stereocenters. The van der Waals surface area contributed by atoms with Gasteiger partial charge in [0.15, 0.2) is 0 Å². The van der Waals surface area contributed by atoms with Gasteiger partial charge >= 0.3 is 5.97 Å². The number of hydrogen-bond donors (Lipinski definition) is 1. The number of benzene rings is 2. The van der Waals surface area contributed by atoms with Crippen LogP contribution in [0.4, 0.5) is 0 Å². The number of nitrogens with zero attached hydrogens (tertiary/aromatic N) is 1. The highest BCUT2D eigenvalue weighted by molar-refractivity contribution is 5.99. The van der Waals surface area contributed by atoms with Gasteiger partial charge in [0, 0.05) is 25.6 Å². The van der Waals surface area contributed by atoms with Gasteiger partial charge in [0.2, 0.25) is 12.0 Å². The summed E-state index contributed by atoms with van der Waals surface area (Å²) in [6.07, 6.45) is 2.35. The molecule has 3 rings (SSSR count). The molecule has 2 aromatic carbocycles. The summed E-state index contributed by atoms with van der Waals surface area (Å²) in [5, 5.41) is 2.52. The minimum Gasteiger partial charge on any atom is -0.443 e. The zero-order chi connectivity index (χ0) is 20.6. The molecule has 1 aliphatic heterocycles. The monoisotopic (exact) mass is 392 g/mol. The van der Waals surface area contributed by atoms with E-state index in [9.17, 15) is 14.4 Å². The van der Waals surface area contributed by atoms with E-state index in [1.165, 1.54) is 13.0 Å². The van der Waals surface area contributed by atoms with Crippen molar-refractivity contribution in [2.24, 2.45) is 0 Å². The van der Waals surface area contributed by atoms with Crippen molar-refractivity contribution in [3.63, 3.8) is 0 Å². The van der Waals surface area contributed by atoms with Crippen molar-refractivity contribution in [1.82, 2.24) is 10.2 Å². The highest BCUT2D eigenvalue weighted by Gasteiger charge is 2.31. The van der Waals surface area contributed by atoms with Gasteiger partial charge in [-0.1, -0.05) is 60.7 Å². The number of ether oxygens (including phenoxy) is 1. The molecule has 6 nitrogen and oxygen atoms in total. The van der Waals surface area contributed by atoms with E-state index in [0.717, 1.165) is 18.4 Å². The Hall–Kier alpha value is -3.41. The van der Waals surface area contributed by atoms with Crippen molar-refractivity contribution >= 4 is 23.9 Å². The second-order valence-corrected chi connectivity index (χ2v) is 6.88. The Balaban J connectivity index is 1.87. The summed E-state index contributed by atoms with van der Waals surface area (Å²) in [6.45, 7) is 2.62. The summed E-state index contributed by atoms with van der Waals surface area (Å²) in [6, 6.07) is 18.0. The summed E-state index contributed by atoms with van der Waals surface area (Å²) in [7, 11) is 0. The molecular formula is C23H24N2O4. The summed E-state index contributed by atoms with van der Waals surface area (Å²) < 4.78 is 5.63. The molecule has 0 saturated carbocycles. The van der Waals surface area contributed by atoms with Gasteiger partial charge in [0.05, 0.1) is 0 Å². The van der Waals surface area contributed by atoms with Gasteiger partial charge in [0.1, 0.15) is 5.70 Å². The lowest BCUT2D eigenvalue weighted by Crippen LogP contribution is -2.36. The molecule has 0 bridgehead atoms. The lowest BCUT2D eigenvalue weighted by molar-refractivity contribution is -0.157. The number of hydrogen-bond acceptors (Lipinski definition) is 4. The SMILES string of the molecule is CC(=O)N/C(=C\c1ccccc1)C(=O)O[C@@H](C(=O)N1CCCC1)c1ccccc1. The Morgan fingerprint density at radius 1 is 0.966 bits per heavy atom. The third kappa shape index (κ3) is 5.54. The van der Waals surface area contributed by atoms with Gasteiger partial charge in [0.25, 0.3) is 5.91 Å². The average Bonchev–Trinajstić information content (AvgIpc) is 3.27. The Labute approximate surface area is 170 Å². The molecule has 1 heterocycles. The molecule has 0 aliphatic carbocycles. The third-order valence-corrected chi connectivity index (χ3v) is 4.61. The number of esters is 1. The van der Waals surface area contributed by atoms with Gasteiger partial charge in [-0.2, -0.15) is 0 Å². The topological polar surface area (TPSA) is 75.7 Å². The van der Waals surface area contributed by atoms with Crippen LogP contribution in [0, 0.1) is 0 Å². The molecule has 1 N–H and O–H groups in total. The maximum absolute atomic E-state index is 13.0. The highest BCUT2D eigenvalue weighted by atomic mass is 16.5. The first kappa shape index (κ1) is 20.3. The smallest absolute Gasteiger partial charge is 0.355 e. The number of carbonyl (C=O) groups is 3. The largest absolute Gasteiger partial charge is 0.443 e. The van der Waals surface area contributed by atoms with Gasteiger partial charge in [-0.15, -0.1) is 0 Å². The maximum atomic E-state index is 13.0. The zero-order valence-electron chi connectivity index (χ0n) is 16.3. The molecule has 29 heavy (non-hydrogen) atoms. The van der Waals surface area contributed by atoms with Crippen LogP contribution >= 0.6 is 0 Å². The lowest BCUT2D eigenvalue weighted by Gasteiger charge is -2.24. The number of nitrogens with one attached hydrogen (secondary N) is 1. The molecule has 150 valence electrons. The number of amides is 2. The second-order valence-electron chi connectivity index (χ2n) is 6.88. The Bertz CT molecular complexity index is 888. The van der Waals surface area contributed by atoms with E-state index in [1.807, 2.05) is 24.3 Å². The van der Waals surface area contributed by atoms with E-state index in [2.05, 4.69) is 5.32 Å². The fraction of sp³-hybridized carbons (Fsp3) is 0.261. The summed E-state index contributed by atoms with van der Waals surface area (Å²) in [5.74, 6) is -1.40. The fourth-order valence-corrected chi connectivity index (χ4v) is 3.21.